The van der Waals surface area contributed by atoms with Gasteiger partial charge >= 0.3 is 0 Å². The molecule has 0 aromatic carbocycles. The molecule has 3 rings (SSSR count). The zero-order valence-corrected chi connectivity index (χ0v) is 18.8. The molecule has 1 aromatic rings. The van der Waals surface area contributed by atoms with Gasteiger partial charge < -0.3 is 15.5 Å². The van der Waals surface area contributed by atoms with Gasteiger partial charge in [0.15, 0.2) is 5.96 Å². The van der Waals surface area contributed by atoms with Crippen molar-refractivity contribution in [3.05, 3.63) is 17.5 Å². The maximum Gasteiger partial charge on any atom is 0.191 e. The van der Waals surface area contributed by atoms with E-state index in [4.69, 9.17) is 5.10 Å². The van der Waals surface area contributed by atoms with Crippen molar-refractivity contribution < 1.29 is 0 Å². The highest BCUT2D eigenvalue weighted by Gasteiger charge is 2.37. The van der Waals surface area contributed by atoms with Crippen LogP contribution in [0.4, 0.5) is 0 Å². The van der Waals surface area contributed by atoms with E-state index in [1.165, 1.54) is 36.9 Å². The average Bonchev–Trinajstić information content (AvgIpc) is 3.08. The number of guanidine groups is 1. The van der Waals surface area contributed by atoms with Gasteiger partial charge in [0.2, 0.25) is 0 Å². The highest BCUT2D eigenvalue weighted by Crippen LogP contribution is 2.35. The number of nitrogens with one attached hydrogen (secondary N) is 2. The molecule has 0 spiro atoms. The topological polar surface area (TPSA) is 57.5 Å². The van der Waals surface area contributed by atoms with Gasteiger partial charge in [0, 0.05) is 43.8 Å². The van der Waals surface area contributed by atoms with Crippen LogP contribution in [0.25, 0.3) is 0 Å². The molecule has 3 atom stereocenters. The van der Waals surface area contributed by atoms with E-state index < -0.39 is 0 Å². The number of fused-ring (bicyclic) bond motifs is 1. The molecule has 0 aliphatic heterocycles. The zero-order valence-electron chi connectivity index (χ0n) is 18.8. The van der Waals surface area contributed by atoms with Gasteiger partial charge in [-0.05, 0) is 65.1 Å². The van der Waals surface area contributed by atoms with Crippen molar-refractivity contribution >= 4 is 5.96 Å². The maximum atomic E-state index is 4.81. The lowest BCUT2D eigenvalue weighted by Gasteiger charge is -2.45. The minimum atomic E-state index is 0.227. The Balaban J connectivity index is 1.58. The van der Waals surface area contributed by atoms with Gasteiger partial charge in [0.05, 0.1) is 5.69 Å². The second-order valence-corrected chi connectivity index (χ2v) is 9.50. The summed E-state index contributed by atoms with van der Waals surface area (Å²) in [6.07, 6.45) is 10.6. The highest BCUT2D eigenvalue weighted by atomic mass is 15.3. The molecule has 2 aliphatic rings. The van der Waals surface area contributed by atoms with E-state index in [1.807, 2.05) is 7.05 Å². The molecule has 0 radical (unpaired) electrons. The van der Waals surface area contributed by atoms with Crippen molar-refractivity contribution in [1.82, 2.24) is 25.3 Å². The van der Waals surface area contributed by atoms with Crippen LogP contribution in [-0.4, -0.2) is 59.9 Å². The fraction of sp³-hybridized carbons (Fsp3) is 0.818. The molecular formula is C22H40N6. The monoisotopic (exact) mass is 388 g/mol. The first-order valence-electron chi connectivity index (χ1n) is 11.0. The molecule has 1 saturated carbocycles. The lowest BCUT2D eigenvalue weighted by molar-refractivity contribution is 0.0795. The van der Waals surface area contributed by atoms with E-state index in [9.17, 15) is 0 Å². The Bertz CT molecular complexity index is 677. The Morgan fingerprint density at radius 3 is 2.82 bits per heavy atom. The zero-order chi connectivity index (χ0) is 20.3. The number of nitrogens with zero attached hydrogens (tertiary/aromatic N) is 4. The van der Waals surface area contributed by atoms with Crippen molar-refractivity contribution in [2.45, 2.75) is 83.3 Å². The minimum Gasteiger partial charge on any atom is -0.355 e. The first-order chi connectivity index (χ1) is 13.3. The first kappa shape index (κ1) is 21.2. The minimum absolute atomic E-state index is 0.227. The third-order valence-electron chi connectivity index (χ3n) is 6.79. The van der Waals surface area contributed by atoms with Crippen molar-refractivity contribution in [2.75, 3.05) is 27.7 Å². The molecule has 2 aliphatic carbocycles. The number of rotatable bonds is 5. The summed E-state index contributed by atoms with van der Waals surface area (Å²) in [5.41, 5.74) is 2.89. The van der Waals surface area contributed by atoms with Crippen LogP contribution in [0.1, 0.15) is 70.2 Å². The molecule has 0 saturated heterocycles. The third kappa shape index (κ3) is 4.70. The Morgan fingerprint density at radius 2 is 2.18 bits per heavy atom. The predicted molar refractivity (Wildman–Crippen MR) is 117 cm³/mol. The molecule has 158 valence electrons. The van der Waals surface area contributed by atoms with E-state index in [0.29, 0.717) is 12.1 Å². The normalized spacial score (nSPS) is 28.5. The van der Waals surface area contributed by atoms with Gasteiger partial charge in [-0.2, -0.15) is 5.10 Å². The summed E-state index contributed by atoms with van der Waals surface area (Å²) in [7, 11) is 6.33. The number of hydrogen-bond acceptors (Lipinski definition) is 3. The van der Waals surface area contributed by atoms with Gasteiger partial charge in [-0.25, -0.2) is 0 Å². The van der Waals surface area contributed by atoms with Crippen LogP contribution in [0.3, 0.4) is 0 Å². The smallest absolute Gasteiger partial charge is 0.191 e. The number of aromatic nitrogens is 2. The van der Waals surface area contributed by atoms with Crippen LogP contribution in [0.15, 0.2) is 11.2 Å². The largest absolute Gasteiger partial charge is 0.355 e. The molecule has 0 amide bonds. The van der Waals surface area contributed by atoms with Crippen LogP contribution in [0, 0.1) is 5.92 Å². The summed E-state index contributed by atoms with van der Waals surface area (Å²) >= 11 is 0. The Kier molecular flexibility index (Phi) is 6.69. The van der Waals surface area contributed by atoms with Gasteiger partial charge in [0.25, 0.3) is 0 Å². The Morgan fingerprint density at radius 1 is 1.39 bits per heavy atom. The summed E-state index contributed by atoms with van der Waals surface area (Å²) in [5.74, 6) is 1.72. The standard InChI is InChI=1S/C22H40N6/c1-16(2)28-14-18-9-10-19(12-20(18)26-28)25-21(23-4)24-15-22(27(5)6)11-7-8-17(3)13-22/h14,16-17,19H,7-13,15H2,1-6H3,(H2,23,24,25). The molecule has 0 bridgehead atoms. The van der Waals surface area contributed by atoms with Crippen molar-refractivity contribution in [1.29, 1.82) is 0 Å². The fourth-order valence-corrected chi connectivity index (χ4v) is 4.89. The molecule has 2 N–H and O–H groups in total. The van der Waals surface area contributed by atoms with Crippen molar-refractivity contribution in [2.24, 2.45) is 10.9 Å². The van der Waals surface area contributed by atoms with Crippen LogP contribution >= 0.6 is 0 Å². The fourth-order valence-electron chi connectivity index (χ4n) is 4.89. The molecule has 28 heavy (non-hydrogen) atoms. The Labute approximate surface area is 171 Å². The van der Waals surface area contributed by atoms with Crippen molar-refractivity contribution in [3.63, 3.8) is 0 Å². The average molecular weight is 389 g/mol. The first-order valence-corrected chi connectivity index (χ1v) is 11.0. The number of aliphatic imine (C=N–C) groups is 1. The van der Waals surface area contributed by atoms with Gasteiger partial charge in [-0.15, -0.1) is 0 Å². The molecular weight excluding hydrogens is 348 g/mol. The van der Waals surface area contributed by atoms with E-state index in [-0.39, 0.29) is 5.54 Å². The van der Waals surface area contributed by atoms with Crippen LogP contribution in [0.5, 0.6) is 0 Å². The van der Waals surface area contributed by atoms with Crippen LogP contribution in [-0.2, 0) is 12.8 Å². The van der Waals surface area contributed by atoms with Crippen LogP contribution in [0.2, 0.25) is 0 Å². The SMILES string of the molecule is CN=C(NCC1(N(C)C)CCCC(C)C1)NC1CCc2cn(C(C)C)nc2C1. The maximum absolute atomic E-state index is 4.81. The number of aryl methyl sites for hydroxylation is 1. The lowest BCUT2D eigenvalue weighted by atomic mass is 9.75. The van der Waals surface area contributed by atoms with Gasteiger partial charge in [-0.3, -0.25) is 9.67 Å². The summed E-state index contributed by atoms with van der Waals surface area (Å²) in [6.45, 7) is 7.71. The second-order valence-electron chi connectivity index (χ2n) is 9.50. The van der Waals surface area contributed by atoms with E-state index in [0.717, 1.165) is 37.7 Å². The summed E-state index contributed by atoms with van der Waals surface area (Å²) in [5, 5.41) is 12.1. The summed E-state index contributed by atoms with van der Waals surface area (Å²) in [4.78, 5) is 6.94. The molecule has 1 aromatic heterocycles. The molecule has 1 heterocycles. The van der Waals surface area contributed by atoms with Crippen molar-refractivity contribution in [3.8, 4) is 0 Å². The summed E-state index contributed by atoms with van der Waals surface area (Å²) < 4.78 is 2.10. The summed E-state index contributed by atoms with van der Waals surface area (Å²) in [6, 6.07) is 0.821. The molecule has 1 fully saturated rings. The second kappa shape index (κ2) is 8.85. The van der Waals surface area contributed by atoms with E-state index >= 15 is 0 Å². The molecule has 6 heteroatoms. The highest BCUT2D eigenvalue weighted by molar-refractivity contribution is 5.80. The van der Waals surface area contributed by atoms with E-state index in [1.54, 1.807) is 0 Å². The quantitative estimate of drug-likeness (QED) is 0.601. The van der Waals surface area contributed by atoms with Gasteiger partial charge in [0.1, 0.15) is 0 Å². The lowest BCUT2D eigenvalue weighted by Crippen LogP contribution is -2.57. The van der Waals surface area contributed by atoms with Gasteiger partial charge in [-0.1, -0.05) is 19.8 Å². The number of likely N-dealkylation sites (N-methyl/N-ethyl adjacent to an activating group) is 1. The molecule has 3 unspecified atom stereocenters. The van der Waals surface area contributed by atoms with Crippen LogP contribution < -0.4 is 10.6 Å². The number of hydrogen-bond donors (Lipinski definition) is 2. The van der Waals surface area contributed by atoms with E-state index in [2.05, 4.69) is 66.3 Å². The Hall–Kier alpha value is -1.56. The molecule has 6 nitrogen and oxygen atoms in total. The predicted octanol–water partition coefficient (Wildman–Crippen LogP) is 3.00. The third-order valence-corrected chi connectivity index (χ3v) is 6.79.